The zero-order valence-electron chi connectivity index (χ0n) is 10.6. The Morgan fingerprint density at radius 2 is 2.00 bits per heavy atom. The van der Waals surface area contributed by atoms with Crippen molar-refractivity contribution in [2.75, 3.05) is 27.2 Å². The lowest BCUT2D eigenvalue weighted by Gasteiger charge is -2.47. The average molecular weight is 262 g/mol. The number of hydrogen-bond donors (Lipinski definition) is 1. The molecule has 2 fully saturated rings. The second kappa shape index (κ2) is 4.50. The van der Waals surface area contributed by atoms with E-state index in [-0.39, 0.29) is 5.92 Å². The molecule has 0 radical (unpaired) electrons. The van der Waals surface area contributed by atoms with E-state index in [0.717, 1.165) is 25.7 Å². The minimum Gasteiger partial charge on any atom is -0.390 e. The van der Waals surface area contributed by atoms with Gasteiger partial charge in [0.05, 0.1) is 5.60 Å². The van der Waals surface area contributed by atoms with Crippen molar-refractivity contribution in [2.24, 2.45) is 5.92 Å². The molecular formula is C11H22N2O3S. The van der Waals surface area contributed by atoms with E-state index in [2.05, 4.69) is 0 Å². The van der Waals surface area contributed by atoms with E-state index in [4.69, 9.17) is 0 Å². The monoisotopic (exact) mass is 262 g/mol. The van der Waals surface area contributed by atoms with Gasteiger partial charge in [-0.2, -0.15) is 17.0 Å². The van der Waals surface area contributed by atoms with Crippen molar-refractivity contribution in [2.45, 2.75) is 37.7 Å². The van der Waals surface area contributed by atoms with Crippen molar-refractivity contribution in [1.82, 2.24) is 8.61 Å². The lowest BCUT2D eigenvalue weighted by molar-refractivity contribution is -0.0821. The zero-order valence-corrected chi connectivity index (χ0v) is 11.4. The molecule has 100 valence electrons. The first-order valence-electron chi connectivity index (χ1n) is 6.26. The molecule has 0 aromatic heterocycles. The molecule has 1 aliphatic carbocycles. The molecule has 5 nitrogen and oxygen atoms in total. The molecule has 17 heavy (non-hydrogen) atoms. The standard InChI is InChI=1S/C11H22N2O3S/c1-12(2)17(15,16)13-8-7-11(14)6-4-3-5-10(11)9-13/h10,14H,3-9H2,1-2H3. The fraction of sp³-hybridized carbons (Fsp3) is 1.00. The van der Waals surface area contributed by atoms with Gasteiger partial charge in [-0.25, -0.2) is 0 Å². The maximum absolute atomic E-state index is 12.0. The van der Waals surface area contributed by atoms with Crippen molar-refractivity contribution in [3.05, 3.63) is 0 Å². The van der Waals surface area contributed by atoms with Crippen LogP contribution in [-0.2, 0) is 10.2 Å². The molecule has 1 heterocycles. The molecule has 0 aromatic rings. The predicted octanol–water partition coefficient (Wildman–Crippen LogP) is 0.420. The summed E-state index contributed by atoms with van der Waals surface area (Å²) in [5, 5.41) is 10.5. The molecule has 0 bridgehead atoms. The lowest BCUT2D eigenvalue weighted by atomic mass is 9.72. The van der Waals surface area contributed by atoms with Gasteiger partial charge in [0.15, 0.2) is 0 Å². The maximum atomic E-state index is 12.0. The van der Waals surface area contributed by atoms with Gasteiger partial charge in [-0.05, 0) is 19.3 Å². The maximum Gasteiger partial charge on any atom is 0.281 e. The first kappa shape index (κ1) is 13.3. The van der Waals surface area contributed by atoms with E-state index in [9.17, 15) is 13.5 Å². The fourth-order valence-corrected chi connectivity index (χ4v) is 4.13. The van der Waals surface area contributed by atoms with Crippen LogP contribution in [0.15, 0.2) is 0 Å². The third-order valence-electron chi connectivity index (χ3n) is 4.18. The predicted molar refractivity (Wildman–Crippen MR) is 65.7 cm³/mol. The SMILES string of the molecule is CN(C)S(=O)(=O)N1CCC2(O)CCCCC2C1. The van der Waals surface area contributed by atoms with Gasteiger partial charge in [0.1, 0.15) is 0 Å². The van der Waals surface area contributed by atoms with Crippen LogP contribution < -0.4 is 0 Å². The molecule has 2 aliphatic rings. The van der Waals surface area contributed by atoms with Crippen LogP contribution in [0.5, 0.6) is 0 Å². The van der Waals surface area contributed by atoms with Crippen LogP contribution in [0.25, 0.3) is 0 Å². The van der Waals surface area contributed by atoms with Crippen LogP contribution >= 0.6 is 0 Å². The molecule has 2 unspecified atom stereocenters. The van der Waals surface area contributed by atoms with Crippen molar-refractivity contribution in [1.29, 1.82) is 0 Å². The Kier molecular flexibility index (Phi) is 3.51. The normalized spacial score (nSPS) is 35.9. The smallest absolute Gasteiger partial charge is 0.281 e. The average Bonchev–Trinajstić information content (AvgIpc) is 2.27. The van der Waals surface area contributed by atoms with Gasteiger partial charge in [0.2, 0.25) is 0 Å². The van der Waals surface area contributed by atoms with Gasteiger partial charge >= 0.3 is 0 Å². The molecule has 0 aromatic carbocycles. The molecule has 2 atom stereocenters. The second-order valence-electron chi connectivity index (χ2n) is 5.44. The van der Waals surface area contributed by atoms with Crippen LogP contribution in [0, 0.1) is 5.92 Å². The van der Waals surface area contributed by atoms with E-state index in [1.807, 2.05) is 0 Å². The molecule has 1 saturated carbocycles. The summed E-state index contributed by atoms with van der Waals surface area (Å²) in [6, 6.07) is 0. The molecule has 2 rings (SSSR count). The summed E-state index contributed by atoms with van der Waals surface area (Å²) >= 11 is 0. The number of fused-ring (bicyclic) bond motifs is 1. The number of nitrogens with zero attached hydrogens (tertiary/aromatic N) is 2. The Hall–Kier alpha value is -0.170. The van der Waals surface area contributed by atoms with Gasteiger partial charge in [0, 0.05) is 33.1 Å². The summed E-state index contributed by atoms with van der Waals surface area (Å²) in [5.41, 5.74) is -0.615. The summed E-state index contributed by atoms with van der Waals surface area (Å²) in [6.45, 7) is 0.907. The highest BCUT2D eigenvalue weighted by atomic mass is 32.2. The van der Waals surface area contributed by atoms with E-state index >= 15 is 0 Å². The van der Waals surface area contributed by atoms with Gasteiger partial charge in [-0.1, -0.05) is 12.8 Å². The fourth-order valence-electron chi connectivity index (χ4n) is 2.98. The van der Waals surface area contributed by atoms with Gasteiger partial charge in [-0.3, -0.25) is 0 Å². The highest BCUT2D eigenvalue weighted by Gasteiger charge is 2.45. The minimum atomic E-state index is -3.32. The van der Waals surface area contributed by atoms with Crippen LogP contribution in [0.1, 0.15) is 32.1 Å². The van der Waals surface area contributed by atoms with Crippen LogP contribution in [0.3, 0.4) is 0 Å². The second-order valence-corrected chi connectivity index (χ2v) is 7.59. The number of aliphatic hydroxyl groups is 1. The summed E-state index contributed by atoms with van der Waals surface area (Å²) in [6.07, 6.45) is 4.50. The lowest BCUT2D eigenvalue weighted by Crippen LogP contribution is -2.56. The third kappa shape index (κ3) is 2.36. The van der Waals surface area contributed by atoms with E-state index in [1.165, 1.54) is 8.61 Å². The number of rotatable bonds is 2. The zero-order chi connectivity index (χ0) is 12.7. The molecule has 1 saturated heterocycles. The summed E-state index contributed by atoms with van der Waals surface area (Å²) in [7, 11) is -0.217. The van der Waals surface area contributed by atoms with E-state index in [1.54, 1.807) is 14.1 Å². The quantitative estimate of drug-likeness (QED) is 0.784. The first-order valence-corrected chi connectivity index (χ1v) is 7.66. The summed E-state index contributed by atoms with van der Waals surface area (Å²) < 4.78 is 26.8. The van der Waals surface area contributed by atoms with Crippen LogP contribution in [0.2, 0.25) is 0 Å². The summed E-state index contributed by atoms with van der Waals surface area (Å²) in [5.74, 6) is 0.111. The molecule has 1 N–H and O–H groups in total. The highest BCUT2D eigenvalue weighted by Crippen LogP contribution is 2.40. The van der Waals surface area contributed by atoms with Gasteiger partial charge in [-0.15, -0.1) is 0 Å². The van der Waals surface area contributed by atoms with E-state index < -0.39 is 15.8 Å². The molecular weight excluding hydrogens is 240 g/mol. The largest absolute Gasteiger partial charge is 0.390 e. The molecule has 1 aliphatic heterocycles. The topological polar surface area (TPSA) is 60.9 Å². The Labute approximate surface area is 104 Å². The first-order chi connectivity index (χ1) is 7.86. The highest BCUT2D eigenvalue weighted by molar-refractivity contribution is 7.86. The number of piperidine rings is 1. The molecule has 6 heteroatoms. The minimum absolute atomic E-state index is 0.111. The third-order valence-corrected chi connectivity index (χ3v) is 6.09. The Morgan fingerprint density at radius 3 is 2.65 bits per heavy atom. The number of hydrogen-bond acceptors (Lipinski definition) is 3. The van der Waals surface area contributed by atoms with E-state index in [0.29, 0.717) is 19.5 Å². The molecule has 0 spiro atoms. The van der Waals surface area contributed by atoms with Crippen molar-refractivity contribution in [3.8, 4) is 0 Å². The Bertz CT molecular complexity index is 382. The molecule has 0 amide bonds. The van der Waals surface area contributed by atoms with Crippen molar-refractivity contribution >= 4 is 10.2 Å². The van der Waals surface area contributed by atoms with Crippen molar-refractivity contribution in [3.63, 3.8) is 0 Å². The van der Waals surface area contributed by atoms with Crippen molar-refractivity contribution < 1.29 is 13.5 Å². The Morgan fingerprint density at radius 1 is 1.29 bits per heavy atom. The van der Waals surface area contributed by atoms with Gasteiger partial charge in [0.25, 0.3) is 10.2 Å². The van der Waals surface area contributed by atoms with Crippen LogP contribution in [-0.4, -0.2) is 54.9 Å². The Balaban J connectivity index is 2.13. The van der Waals surface area contributed by atoms with Crippen LogP contribution in [0.4, 0.5) is 0 Å². The van der Waals surface area contributed by atoms with Gasteiger partial charge < -0.3 is 5.11 Å². The summed E-state index contributed by atoms with van der Waals surface area (Å²) in [4.78, 5) is 0.